The zero-order valence-corrected chi connectivity index (χ0v) is 13.2. The van der Waals surface area contributed by atoms with Crippen LogP contribution in [0.1, 0.15) is 20.8 Å². The lowest BCUT2D eigenvalue weighted by atomic mass is 9.92. The van der Waals surface area contributed by atoms with Crippen molar-refractivity contribution in [1.29, 1.82) is 0 Å². The van der Waals surface area contributed by atoms with Gasteiger partial charge in [0, 0.05) is 17.0 Å². The highest BCUT2D eigenvalue weighted by Crippen LogP contribution is 2.22. The van der Waals surface area contributed by atoms with Gasteiger partial charge >= 0.3 is 0 Å². The highest BCUT2D eigenvalue weighted by molar-refractivity contribution is 7.99. The van der Waals surface area contributed by atoms with E-state index >= 15 is 0 Å². The standard InChI is InChI=1S/C16H18N2O2S/c1-16(2,3)13(19)10-21-15-17-12(9-14(20)18-15)11-7-5-4-6-8-11/h4-9H,10H2,1-3H3,(H,17,18,20). The smallest absolute Gasteiger partial charge is 0.252 e. The van der Waals surface area contributed by atoms with E-state index in [4.69, 9.17) is 0 Å². The summed E-state index contributed by atoms with van der Waals surface area (Å²) in [5, 5.41) is 0.471. The van der Waals surface area contributed by atoms with E-state index in [1.165, 1.54) is 17.8 Å². The van der Waals surface area contributed by atoms with Gasteiger partial charge in [-0.05, 0) is 0 Å². The first-order valence-corrected chi connectivity index (χ1v) is 7.68. The van der Waals surface area contributed by atoms with Gasteiger partial charge in [0.15, 0.2) is 5.16 Å². The molecule has 0 radical (unpaired) electrons. The van der Waals surface area contributed by atoms with E-state index in [2.05, 4.69) is 9.97 Å². The fourth-order valence-electron chi connectivity index (χ4n) is 1.61. The molecule has 1 aromatic heterocycles. The molecule has 0 spiro atoms. The molecule has 0 saturated carbocycles. The van der Waals surface area contributed by atoms with Crippen LogP contribution < -0.4 is 5.56 Å². The van der Waals surface area contributed by atoms with Gasteiger partial charge in [0.25, 0.3) is 5.56 Å². The van der Waals surface area contributed by atoms with Gasteiger partial charge in [-0.2, -0.15) is 0 Å². The maximum atomic E-state index is 11.9. The van der Waals surface area contributed by atoms with E-state index < -0.39 is 0 Å². The zero-order chi connectivity index (χ0) is 15.5. The Labute approximate surface area is 128 Å². The Morgan fingerprint density at radius 3 is 2.52 bits per heavy atom. The minimum absolute atomic E-state index is 0.125. The van der Waals surface area contributed by atoms with E-state index in [9.17, 15) is 9.59 Å². The normalized spacial score (nSPS) is 11.4. The summed E-state index contributed by atoms with van der Waals surface area (Å²) in [6.45, 7) is 5.64. The number of rotatable bonds is 4. The van der Waals surface area contributed by atoms with Crippen molar-refractivity contribution >= 4 is 17.5 Å². The fourth-order valence-corrected chi connectivity index (χ4v) is 2.65. The lowest BCUT2D eigenvalue weighted by Gasteiger charge is -2.15. The molecule has 0 aliphatic rings. The van der Waals surface area contributed by atoms with Crippen LogP contribution in [0, 0.1) is 5.41 Å². The monoisotopic (exact) mass is 302 g/mol. The Kier molecular flexibility index (Phi) is 4.63. The maximum Gasteiger partial charge on any atom is 0.252 e. The van der Waals surface area contributed by atoms with E-state index in [0.29, 0.717) is 16.6 Å². The van der Waals surface area contributed by atoms with Crippen LogP contribution in [0.5, 0.6) is 0 Å². The summed E-state index contributed by atoms with van der Waals surface area (Å²) in [6.07, 6.45) is 0. The van der Waals surface area contributed by atoms with Gasteiger partial charge in [-0.1, -0.05) is 62.9 Å². The van der Waals surface area contributed by atoms with Crippen molar-refractivity contribution in [1.82, 2.24) is 9.97 Å². The third kappa shape index (κ3) is 4.29. The number of carbonyl (C=O) groups is 1. The summed E-state index contributed by atoms with van der Waals surface area (Å²) in [5.74, 6) is 0.422. The number of aromatic nitrogens is 2. The molecule has 0 unspecified atom stereocenters. The summed E-state index contributed by atoms with van der Waals surface area (Å²) in [7, 11) is 0. The van der Waals surface area contributed by atoms with Crippen molar-refractivity contribution in [3.63, 3.8) is 0 Å². The van der Waals surface area contributed by atoms with Crippen molar-refractivity contribution in [3.05, 3.63) is 46.8 Å². The molecule has 1 heterocycles. The fraction of sp³-hybridized carbons (Fsp3) is 0.312. The second-order valence-electron chi connectivity index (χ2n) is 5.76. The number of thioether (sulfide) groups is 1. The van der Waals surface area contributed by atoms with Crippen LogP contribution in [0.2, 0.25) is 0 Å². The lowest BCUT2D eigenvalue weighted by molar-refractivity contribution is -0.123. The topological polar surface area (TPSA) is 62.8 Å². The molecule has 2 aromatic rings. The van der Waals surface area contributed by atoms with E-state index in [-0.39, 0.29) is 16.8 Å². The molecule has 0 bridgehead atoms. The van der Waals surface area contributed by atoms with E-state index in [1.54, 1.807) is 0 Å². The Hall–Kier alpha value is -1.88. The van der Waals surface area contributed by atoms with Gasteiger partial charge in [-0.15, -0.1) is 0 Å². The zero-order valence-electron chi connectivity index (χ0n) is 12.3. The molecule has 1 N–H and O–H groups in total. The second kappa shape index (κ2) is 6.26. The Morgan fingerprint density at radius 2 is 1.90 bits per heavy atom. The molecule has 0 fully saturated rings. The number of benzene rings is 1. The number of nitrogens with zero attached hydrogens (tertiary/aromatic N) is 1. The van der Waals surface area contributed by atoms with Crippen molar-refractivity contribution in [2.45, 2.75) is 25.9 Å². The molecular formula is C16H18N2O2S. The van der Waals surface area contributed by atoms with Crippen LogP contribution in [0.25, 0.3) is 11.3 Å². The number of aromatic amines is 1. The van der Waals surface area contributed by atoms with Crippen molar-refractivity contribution in [3.8, 4) is 11.3 Å². The molecular weight excluding hydrogens is 284 g/mol. The average Bonchev–Trinajstić information content (AvgIpc) is 2.44. The quantitative estimate of drug-likeness (QED) is 0.696. The van der Waals surface area contributed by atoms with Gasteiger partial charge in [-0.25, -0.2) is 4.98 Å². The van der Waals surface area contributed by atoms with Crippen LogP contribution >= 0.6 is 11.8 Å². The van der Waals surface area contributed by atoms with E-state index in [1.807, 2.05) is 51.1 Å². The van der Waals surface area contributed by atoms with Crippen LogP contribution in [0.3, 0.4) is 0 Å². The first-order chi connectivity index (χ1) is 9.86. The van der Waals surface area contributed by atoms with Crippen molar-refractivity contribution in [2.24, 2.45) is 5.41 Å². The molecule has 21 heavy (non-hydrogen) atoms. The van der Waals surface area contributed by atoms with Gasteiger partial charge in [-0.3, -0.25) is 9.59 Å². The molecule has 2 rings (SSSR count). The van der Waals surface area contributed by atoms with Crippen molar-refractivity contribution < 1.29 is 4.79 Å². The van der Waals surface area contributed by atoms with Crippen LogP contribution in [0.4, 0.5) is 0 Å². The highest BCUT2D eigenvalue weighted by atomic mass is 32.2. The van der Waals surface area contributed by atoms with Crippen LogP contribution in [-0.2, 0) is 4.79 Å². The van der Waals surface area contributed by atoms with Gasteiger partial charge in [0.05, 0.1) is 11.4 Å². The number of carbonyl (C=O) groups excluding carboxylic acids is 1. The molecule has 1 aromatic carbocycles. The number of hydrogen-bond donors (Lipinski definition) is 1. The Morgan fingerprint density at radius 1 is 1.24 bits per heavy atom. The molecule has 0 amide bonds. The average molecular weight is 302 g/mol. The number of nitrogens with one attached hydrogen (secondary N) is 1. The second-order valence-corrected chi connectivity index (χ2v) is 6.73. The summed E-state index contributed by atoms with van der Waals surface area (Å²) in [6, 6.07) is 11.0. The largest absolute Gasteiger partial charge is 0.301 e. The molecule has 0 atom stereocenters. The highest BCUT2D eigenvalue weighted by Gasteiger charge is 2.21. The molecule has 4 nitrogen and oxygen atoms in total. The molecule has 5 heteroatoms. The van der Waals surface area contributed by atoms with Crippen LogP contribution in [-0.4, -0.2) is 21.5 Å². The Balaban J connectivity index is 2.21. The number of ketones is 1. The number of H-pyrrole nitrogens is 1. The Bertz CT molecular complexity index is 687. The predicted molar refractivity (Wildman–Crippen MR) is 85.5 cm³/mol. The summed E-state index contributed by atoms with van der Waals surface area (Å²) >= 11 is 1.26. The number of Topliss-reactive ketones (excluding diaryl/α,β-unsaturated/α-hetero) is 1. The third-order valence-electron chi connectivity index (χ3n) is 2.97. The predicted octanol–water partition coefficient (Wildman–Crippen LogP) is 3.14. The molecule has 110 valence electrons. The SMILES string of the molecule is CC(C)(C)C(=O)CSc1nc(-c2ccccc2)cc(=O)[nH]1. The molecule has 0 aliphatic carbocycles. The maximum absolute atomic E-state index is 11.9. The first-order valence-electron chi connectivity index (χ1n) is 6.69. The summed E-state index contributed by atoms with van der Waals surface area (Å²) in [5.41, 5.74) is 0.900. The van der Waals surface area contributed by atoms with Gasteiger partial charge in [0.2, 0.25) is 0 Å². The molecule has 0 aliphatic heterocycles. The van der Waals surface area contributed by atoms with Gasteiger partial charge in [0.1, 0.15) is 5.78 Å². The summed E-state index contributed by atoms with van der Waals surface area (Å²) in [4.78, 5) is 30.8. The van der Waals surface area contributed by atoms with Gasteiger partial charge < -0.3 is 4.98 Å². The molecule has 0 saturated heterocycles. The van der Waals surface area contributed by atoms with Crippen molar-refractivity contribution in [2.75, 3.05) is 5.75 Å². The minimum atomic E-state index is -0.385. The number of hydrogen-bond acceptors (Lipinski definition) is 4. The lowest BCUT2D eigenvalue weighted by Crippen LogP contribution is -2.22. The minimum Gasteiger partial charge on any atom is -0.301 e. The third-order valence-corrected chi connectivity index (χ3v) is 3.84. The van der Waals surface area contributed by atoms with Crippen LogP contribution in [0.15, 0.2) is 46.3 Å². The van der Waals surface area contributed by atoms with E-state index in [0.717, 1.165) is 5.56 Å². The first kappa shape index (κ1) is 15.5. The summed E-state index contributed by atoms with van der Waals surface area (Å²) < 4.78 is 0.